The predicted octanol–water partition coefficient (Wildman–Crippen LogP) is 4.02. The van der Waals surface area contributed by atoms with Crippen molar-refractivity contribution in [1.29, 1.82) is 0 Å². The number of sulfonamides is 1. The third-order valence-corrected chi connectivity index (χ3v) is 8.04. The van der Waals surface area contributed by atoms with E-state index in [4.69, 9.17) is 4.74 Å². The molecule has 8 heteroatoms. The highest BCUT2D eigenvalue weighted by Gasteiger charge is 2.31. The Morgan fingerprint density at radius 2 is 1.67 bits per heavy atom. The lowest BCUT2D eigenvalue weighted by atomic mass is 9.90. The number of hydrogen-bond acceptors (Lipinski definition) is 5. The molecule has 0 radical (unpaired) electrons. The summed E-state index contributed by atoms with van der Waals surface area (Å²) in [5, 5.41) is 0. The molecule has 6 nitrogen and oxygen atoms in total. The number of piperazine rings is 1. The first kappa shape index (κ1) is 24.0. The van der Waals surface area contributed by atoms with Gasteiger partial charge in [-0.05, 0) is 69.9 Å². The maximum absolute atomic E-state index is 13.4. The highest BCUT2D eigenvalue weighted by Crippen LogP contribution is 2.31. The first-order valence-electron chi connectivity index (χ1n) is 11.8. The SMILES string of the molecule is CC(C)Oc1ccccc1N1CCN(C2CCC(NS(=O)(=O)c3cccc(F)c3)CC2)CC1. The standard InChI is InChI=1S/C25H34FN3O3S/c1-19(2)32-25-9-4-3-8-24(25)29-16-14-28(15-17-29)22-12-10-21(11-13-22)27-33(30,31)23-7-5-6-20(26)18-23/h3-9,18-19,21-22,27H,10-17H2,1-2H3. The van der Waals surface area contributed by atoms with Crippen LogP contribution in [0.4, 0.5) is 10.1 Å². The van der Waals surface area contributed by atoms with Gasteiger partial charge >= 0.3 is 0 Å². The van der Waals surface area contributed by atoms with E-state index in [0.717, 1.165) is 69.4 Å². The fourth-order valence-electron chi connectivity index (χ4n) is 4.88. The second-order valence-corrected chi connectivity index (χ2v) is 11.0. The topological polar surface area (TPSA) is 61.9 Å². The van der Waals surface area contributed by atoms with Gasteiger partial charge in [0.15, 0.2) is 0 Å². The van der Waals surface area contributed by atoms with Crippen LogP contribution in [0.15, 0.2) is 53.4 Å². The Morgan fingerprint density at radius 3 is 2.33 bits per heavy atom. The van der Waals surface area contributed by atoms with Crippen molar-refractivity contribution in [2.24, 2.45) is 0 Å². The number of benzene rings is 2. The molecule has 1 N–H and O–H groups in total. The molecule has 0 unspecified atom stereocenters. The zero-order valence-electron chi connectivity index (χ0n) is 19.4. The molecule has 0 bridgehead atoms. The maximum Gasteiger partial charge on any atom is 0.240 e. The van der Waals surface area contributed by atoms with Gasteiger partial charge in [-0.1, -0.05) is 18.2 Å². The highest BCUT2D eigenvalue weighted by molar-refractivity contribution is 7.89. The molecule has 0 amide bonds. The fraction of sp³-hybridized carbons (Fsp3) is 0.520. The minimum absolute atomic E-state index is 0.0116. The molecular formula is C25H34FN3O3S. The van der Waals surface area contributed by atoms with Crippen LogP contribution in [0.1, 0.15) is 39.5 Å². The third kappa shape index (κ3) is 6.05. The number of ether oxygens (including phenoxy) is 1. The third-order valence-electron chi connectivity index (χ3n) is 6.52. The van der Waals surface area contributed by atoms with Crippen LogP contribution in [-0.2, 0) is 10.0 Å². The number of para-hydroxylation sites is 2. The second kappa shape index (κ2) is 10.4. The van der Waals surface area contributed by atoms with Crippen LogP contribution in [0, 0.1) is 5.82 Å². The number of anilines is 1. The molecule has 2 aromatic rings. The van der Waals surface area contributed by atoms with Gasteiger partial charge in [0, 0.05) is 38.3 Å². The lowest BCUT2D eigenvalue weighted by Crippen LogP contribution is -2.52. The number of rotatable bonds is 7. The number of halogens is 1. The van der Waals surface area contributed by atoms with Crippen molar-refractivity contribution in [1.82, 2.24) is 9.62 Å². The Bertz CT molecular complexity index is 1030. The molecule has 1 saturated heterocycles. The van der Waals surface area contributed by atoms with Crippen LogP contribution in [0.3, 0.4) is 0 Å². The summed E-state index contributed by atoms with van der Waals surface area (Å²) in [5.41, 5.74) is 1.15. The van der Waals surface area contributed by atoms with Crippen molar-refractivity contribution in [2.75, 3.05) is 31.1 Å². The van der Waals surface area contributed by atoms with E-state index in [1.54, 1.807) is 0 Å². The molecule has 4 rings (SSSR count). The van der Waals surface area contributed by atoms with Gasteiger partial charge in [-0.3, -0.25) is 4.90 Å². The molecule has 1 heterocycles. The van der Waals surface area contributed by atoms with Crippen molar-refractivity contribution < 1.29 is 17.5 Å². The van der Waals surface area contributed by atoms with Gasteiger partial charge in [0.1, 0.15) is 11.6 Å². The van der Waals surface area contributed by atoms with E-state index in [1.807, 2.05) is 26.0 Å². The molecule has 1 saturated carbocycles. The van der Waals surface area contributed by atoms with Gasteiger partial charge < -0.3 is 9.64 Å². The quantitative estimate of drug-likeness (QED) is 0.655. The largest absolute Gasteiger partial charge is 0.489 e. The van der Waals surface area contributed by atoms with Crippen molar-refractivity contribution in [3.05, 3.63) is 54.3 Å². The van der Waals surface area contributed by atoms with Gasteiger partial charge in [-0.2, -0.15) is 0 Å². The van der Waals surface area contributed by atoms with E-state index in [2.05, 4.69) is 26.7 Å². The van der Waals surface area contributed by atoms with Gasteiger partial charge in [0.25, 0.3) is 0 Å². The van der Waals surface area contributed by atoms with E-state index in [-0.39, 0.29) is 17.0 Å². The molecule has 1 aliphatic carbocycles. The molecule has 2 aliphatic rings. The molecular weight excluding hydrogens is 441 g/mol. The summed E-state index contributed by atoms with van der Waals surface area (Å²) in [5.74, 6) is 0.395. The van der Waals surface area contributed by atoms with Crippen LogP contribution >= 0.6 is 0 Å². The Morgan fingerprint density at radius 1 is 0.970 bits per heavy atom. The minimum atomic E-state index is -3.70. The summed E-state index contributed by atoms with van der Waals surface area (Å²) in [4.78, 5) is 4.93. The molecule has 0 aromatic heterocycles. The van der Waals surface area contributed by atoms with Crippen LogP contribution in [0.5, 0.6) is 5.75 Å². The van der Waals surface area contributed by atoms with Gasteiger partial charge in [-0.25, -0.2) is 17.5 Å². The van der Waals surface area contributed by atoms with Crippen LogP contribution in [0.2, 0.25) is 0 Å². The van der Waals surface area contributed by atoms with Crippen molar-refractivity contribution in [3.8, 4) is 5.75 Å². The van der Waals surface area contributed by atoms with E-state index in [9.17, 15) is 12.8 Å². The minimum Gasteiger partial charge on any atom is -0.489 e. The summed E-state index contributed by atoms with van der Waals surface area (Å²) in [6.45, 7) is 7.96. The highest BCUT2D eigenvalue weighted by atomic mass is 32.2. The molecule has 0 spiro atoms. The summed E-state index contributed by atoms with van der Waals surface area (Å²) in [6, 6.07) is 13.8. The van der Waals surface area contributed by atoms with E-state index < -0.39 is 15.8 Å². The average Bonchev–Trinajstić information content (AvgIpc) is 2.80. The Hall–Kier alpha value is -2.16. The van der Waals surface area contributed by atoms with Crippen LogP contribution in [-0.4, -0.2) is 57.7 Å². The summed E-state index contributed by atoms with van der Waals surface area (Å²) in [6.07, 6.45) is 3.66. The number of hydrogen-bond donors (Lipinski definition) is 1. The smallest absolute Gasteiger partial charge is 0.240 e. The molecule has 33 heavy (non-hydrogen) atoms. The lowest BCUT2D eigenvalue weighted by molar-refractivity contribution is 0.139. The van der Waals surface area contributed by atoms with Gasteiger partial charge in [-0.15, -0.1) is 0 Å². The zero-order chi connectivity index (χ0) is 23.4. The van der Waals surface area contributed by atoms with Gasteiger partial charge in [0.2, 0.25) is 10.0 Å². The molecule has 0 atom stereocenters. The normalized spacial score (nSPS) is 22.5. The van der Waals surface area contributed by atoms with Crippen LogP contribution in [0.25, 0.3) is 0 Å². The van der Waals surface area contributed by atoms with E-state index >= 15 is 0 Å². The Kier molecular flexibility index (Phi) is 7.56. The summed E-state index contributed by atoms with van der Waals surface area (Å²) in [7, 11) is -3.70. The number of nitrogens with zero attached hydrogens (tertiary/aromatic N) is 2. The van der Waals surface area contributed by atoms with E-state index in [0.29, 0.717) is 6.04 Å². The Balaban J connectivity index is 1.28. The summed E-state index contributed by atoms with van der Waals surface area (Å²) >= 11 is 0. The first-order valence-corrected chi connectivity index (χ1v) is 13.3. The lowest BCUT2D eigenvalue weighted by Gasteiger charge is -2.43. The van der Waals surface area contributed by atoms with E-state index in [1.165, 1.54) is 18.2 Å². The van der Waals surface area contributed by atoms with Crippen LogP contribution < -0.4 is 14.4 Å². The van der Waals surface area contributed by atoms with Crippen molar-refractivity contribution in [2.45, 2.75) is 62.6 Å². The van der Waals surface area contributed by atoms with Crippen molar-refractivity contribution in [3.63, 3.8) is 0 Å². The second-order valence-electron chi connectivity index (χ2n) is 9.24. The van der Waals surface area contributed by atoms with Crippen molar-refractivity contribution >= 4 is 15.7 Å². The number of nitrogens with one attached hydrogen (secondary N) is 1. The average molecular weight is 476 g/mol. The zero-order valence-corrected chi connectivity index (χ0v) is 20.2. The van der Waals surface area contributed by atoms with Gasteiger partial charge in [0.05, 0.1) is 16.7 Å². The molecule has 2 aromatic carbocycles. The Labute approximate surface area is 196 Å². The maximum atomic E-state index is 13.4. The summed E-state index contributed by atoms with van der Waals surface area (Å²) < 4.78 is 47.4. The molecule has 1 aliphatic heterocycles. The molecule has 2 fully saturated rings. The fourth-order valence-corrected chi connectivity index (χ4v) is 6.22. The predicted molar refractivity (Wildman–Crippen MR) is 129 cm³/mol. The molecule has 180 valence electrons. The monoisotopic (exact) mass is 475 g/mol. The first-order chi connectivity index (χ1) is 15.8.